The van der Waals surface area contributed by atoms with E-state index in [1.165, 1.54) is 6.07 Å². The Balaban J connectivity index is 1.45. The summed E-state index contributed by atoms with van der Waals surface area (Å²) in [6.45, 7) is 0.638. The lowest BCUT2D eigenvalue weighted by Crippen LogP contribution is -2.51. The molecule has 2 atom stereocenters. The molecule has 3 aromatic rings. The Morgan fingerprint density at radius 1 is 1.18 bits per heavy atom. The van der Waals surface area contributed by atoms with Crippen LogP contribution in [0.5, 0.6) is 0 Å². The number of aromatic nitrogens is 3. The minimum absolute atomic E-state index is 0.00787. The van der Waals surface area contributed by atoms with Crippen LogP contribution in [0.1, 0.15) is 33.7 Å². The molecule has 33 heavy (non-hydrogen) atoms. The van der Waals surface area contributed by atoms with Crippen LogP contribution in [0.4, 0.5) is 10.3 Å². The van der Waals surface area contributed by atoms with Gasteiger partial charge < -0.3 is 21.7 Å². The second kappa shape index (κ2) is 9.78. The summed E-state index contributed by atoms with van der Waals surface area (Å²) in [7, 11) is 0. The fraction of sp³-hybridized carbons (Fsp3) is 0.304. The highest BCUT2D eigenvalue weighted by Gasteiger charge is 2.31. The summed E-state index contributed by atoms with van der Waals surface area (Å²) in [5.74, 6) is -0.944. The quantitative estimate of drug-likeness (QED) is 0.425. The minimum atomic E-state index is -0.529. The molecule has 0 aliphatic carbocycles. The maximum atomic E-state index is 14.0. The summed E-state index contributed by atoms with van der Waals surface area (Å²) in [4.78, 5) is 31.1. The van der Waals surface area contributed by atoms with Gasteiger partial charge in [-0.1, -0.05) is 42.5 Å². The lowest BCUT2D eigenvalue weighted by atomic mass is 9.93. The molecule has 2 amide bonds. The van der Waals surface area contributed by atoms with E-state index in [9.17, 15) is 14.0 Å². The summed E-state index contributed by atoms with van der Waals surface area (Å²) in [6, 6.07) is 13.5. The van der Waals surface area contributed by atoms with E-state index in [4.69, 9.17) is 11.5 Å². The second-order valence-corrected chi connectivity index (χ2v) is 8.16. The van der Waals surface area contributed by atoms with E-state index in [-0.39, 0.29) is 48.9 Å². The molecule has 172 valence electrons. The van der Waals surface area contributed by atoms with Crippen molar-refractivity contribution in [1.82, 2.24) is 25.4 Å². The predicted molar refractivity (Wildman–Crippen MR) is 120 cm³/mol. The van der Waals surface area contributed by atoms with Gasteiger partial charge in [0.2, 0.25) is 17.7 Å². The van der Waals surface area contributed by atoms with Crippen molar-refractivity contribution < 1.29 is 14.0 Å². The van der Waals surface area contributed by atoms with Crippen LogP contribution in [0.25, 0.3) is 0 Å². The molecule has 4 rings (SSSR count). The molecule has 0 bridgehead atoms. The van der Waals surface area contributed by atoms with E-state index in [2.05, 4.69) is 20.5 Å². The molecular formula is C23H26FN7O2. The first-order valence-electron chi connectivity index (χ1n) is 10.7. The molecule has 1 unspecified atom stereocenters. The number of halogens is 1. The van der Waals surface area contributed by atoms with Gasteiger partial charge in [0.15, 0.2) is 0 Å². The van der Waals surface area contributed by atoms with Crippen LogP contribution < -0.4 is 16.8 Å². The molecule has 0 saturated carbocycles. The third-order valence-electron chi connectivity index (χ3n) is 5.77. The number of carbonyl (C=O) groups is 2. The van der Waals surface area contributed by atoms with Crippen LogP contribution in [-0.4, -0.2) is 50.5 Å². The molecule has 10 heteroatoms. The average molecular weight is 452 g/mol. The molecule has 1 aromatic heterocycles. The zero-order chi connectivity index (χ0) is 23.4. The smallest absolute Gasteiger partial charge is 0.288 e. The van der Waals surface area contributed by atoms with E-state index >= 15 is 0 Å². The van der Waals surface area contributed by atoms with Gasteiger partial charge in [0.25, 0.3) is 5.91 Å². The van der Waals surface area contributed by atoms with Crippen molar-refractivity contribution >= 4 is 17.8 Å². The van der Waals surface area contributed by atoms with Crippen LogP contribution in [0.15, 0.2) is 48.5 Å². The van der Waals surface area contributed by atoms with Crippen LogP contribution in [0.2, 0.25) is 0 Å². The molecule has 1 aliphatic rings. The number of carbonyl (C=O) groups excluding carboxylic acids is 2. The lowest BCUT2D eigenvalue weighted by molar-refractivity contribution is -0.135. The molecule has 6 N–H and O–H groups in total. The predicted octanol–water partition coefficient (Wildman–Crippen LogP) is 1.17. The maximum absolute atomic E-state index is 14.0. The molecule has 0 spiro atoms. The Kier molecular flexibility index (Phi) is 6.64. The number of amides is 2. The third kappa shape index (κ3) is 5.35. The summed E-state index contributed by atoms with van der Waals surface area (Å²) in [5, 5.41) is 8.92. The van der Waals surface area contributed by atoms with Gasteiger partial charge in [-0.05, 0) is 35.6 Å². The molecule has 0 fully saturated rings. The lowest BCUT2D eigenvalue weighted by Gasteiger charge is -2.37. The van der Waals surface area contributed by atoms with E-state index in [0.29, 0.717) is 18.5 Å². The number of nitrogens with two attached hydrogens (primary N) is 2. The standard InChI is InChI=1S/C23H26FN7O2/c24-19-8-4-3-6-15(19)9-17(25)11-20(32)31-13-16-7-2-1-5-14(16)10-18(31)12-27-22(33)21-28-23(26)30-29-21/h1-8,17-18H,9-13,25H2,(H,27,33)(H3,26,28,29,30)/t17-,18?/m1/s1. The van der Waals surface area contributed by atoms with Crippen LogP contribution in [0, 0.1) is 5.82 Å². The molecular weight excluding hydrogens is 425 g/mol. The van der Waals surface area contributed by atoms with Crippen molar-refractivity contribution in [3.63, 3.8) is 0 Å². The SMILES string of the molecule is Nc1n[nH]c(C(=O)NCC2Cc3ccccc3CN2C(=O)C[C@H](N)Cc2ccccc2F)n1. The number of benzene rings is 2. The topological polar surface area (TPSA) is 143 Å². The zero-order valence-corrected chi connectivity index (χ0v) is 18.0. The molecule has 0 saturated heterocycles. The van der Waals surface area contributed by atoms with Gasteiger partial charge >= 0.3 is 0 Å². The Morgan fingerprint density at radius 3 is 2.64 bits per heavy atom. The highest BCUT2D eigenvalue weighted by atomic mass is 19.1. The first kappa shape index (κ1) is 22.4. The summed E-state index contributed by atoms with van der Waals surface area (Å²) >= 11 is 0. The molecule has 0 radical (unpaired) electrons. The Bertz CT molecular complexity index is 1150. The van der Waals surface area contributed by atoms with Gasteiger partial charge in [0, 0.05) is 25.6 Å². The Hall–Kier alpha value is -3.79. The number of hydrogen-bond acceptors (Lipinski definition) is 6. The number of nitrogens with one attached hydrogen (secondary N) is 2. The van der Waals surface area contributed by atoms with Crippen molar-refractivity contribution in [3.05, 3.63) is 76.9 Å². The van der Waals surface area contributed by atoms with E-state index in [0.717, 1.165) is 11.1 Å². The van der Waals surface area contributed by atoms with Crippen molar-refractivity contribution in [2.24, 2.45) is 5.73 Å². The number of fused-ring (bicyclic) bond motifs is 1. The number of nitrogens with zero attached hydrogens (tertiary/aromatic N) is 3. The van der Waals surface area contributed by atoms with Crippen molar-refractivity contribution in [3.8, 4) is 0 Å². The zero-order valence-electron chi connectivity index (χ0n) is 18.0. The summed E-state index contributed by atoms with van der Waals surface area (Å²) in [6.07, 6.45) is 0.917. The number of nitrogen functional groups attached to an aromatic ring is 1. The molecule has 9 nitrogen and oxygen atoms in total. The summed E-state index contributed by atoms with van der Waals surface area (Å²) < 4.78 is 14.0. The first-order valence-corrected chi connectivity index (χ1v) is 10.7. The van der Waals surface area contributed by atoms with Crippen LogP contribution >= 0.6 is 0 Å². The van der Waals surface area contributed by atoms with Gasteiger partial charge in [0.05, 0.1) is 6.04 Å². The number of aromatic amines is 1. The molecule has 2 aromatic carbocycles. The van der Waals surface area contributed by atoms with Gasteiger partial charge in [-0.25, -0.2) is 4.39 Å². The second-order valence-electron chi connectivity index (χ2n) is 8.16. The van der Waals surface area contributed by atoms with Crippen LogP contribution in [0.3, 0.4) is 0 Å². The van der Waals surface area contributed by atoms with Gasteiger partial charge in [-0.3, -0.25) is 14.7 Å². The fourth-order valence-electron chi connectivity index (χ4n) is 4.09. The fourth-order valence-corrected chi connectivity index (χ4v) is 4.09. The van der Waals surface area contributed by atoms with E-state index in [1.807, 2.05) is 24.3 Å². The highest BCUT2D eigenvalue weighted by Crippen LogP contribution is 2.24. The number of anilines is 1. The maximum Gasteiger partial charge on any atom is 0.288 e. The van der Waals surface area contributed by atoms with Crippen molar-refractivity contribution in [1.29, 1.82) is 0 Å². The highest BCUT2D eigenvalue weighted by molar-refractivity contribution is 5.90. The molecule has 1 aliphatic heterocycles. The third-order valence-corrected chi connectivity index (χ3v) is 5.77. The van der Waals surface area contributed by atoms with Crippen molar-refractivity contribution in [2.45, 2.75) is 37.9 Å². The normalized spacial score (nSPS) is 16.2. The molecule has 2 heterocycles. The van der Waals surface area contributed by atoms with Gasteiger partial charge in [0.1, 0.15) is 5.82 Å². The van der Waals surface area contributed by atoms with E-state index < -0.39 is 11.9 Å². The average Bonchev–Trinajstić information content (AvgIpc) is 3.24. The number of rotatable bonds is 7. The van der Waals surface area contributed by atoms with Gasteiger partial charge in [-0.2, -0.15) is 4.98 Å². The summed E-state index contributed by atoms with van der Waals surface area (Å²) in [5.41, 5.74) is 14.3. The largest absolute Gasteiger partial charge is 0.366 e. The van der Waals surface area contributed by atoms with Crippen molar-refractivity contribution in [2.75, 3.05) is 12.3 Å². The van der Waals surface area contributed by atoms with Crippen LogP contribution in [-0.2, 0) is 24.2 Å². The Labute approximate surface area is 190 Å². The number of H-pyrrole nitrogens is 1. The Morgan fingerprint density at radius 2 is 1.91 bits per heavy atom. The van der Waals surface area contributed by atoms with Gasteiger partial charge in [-0.15, -0.1) is 5.10 Å². The van der Waals surface area contributed by atoms with E-state index in [1.54, 1.807) is 23.1 Å². The number of hydrogen-bond donors (Lipinski definition) is 4. The minimum Gasteiger partial charge on any atom is -0.366 e. The monoisotopic (exact) mass is 451 g/mol. The first-order chi connectivity index (χ1) is 15.9.